The second kappa shape index (κ2) is 8.24. The minimum atomic E-state index is -0.256. The maximum absolute atomic E-state index is 5.94. The SMILES string of the molecule is CO[C@H]1CC[C@](OC)(c2cccc(OCC#Cc3ccco3)c2)CC1. The highest BCUT2D eigenvalue weighted by molar-refractivity contribution is 5.33. The van der Waals surface area contributed by atoms with Crippen LogP contribution < -0.4 is 4.74 Å². The molecular weight excluding hydrogens is 316 g/mol. The normalized spacial score (nSPS) is 22.9. The molecule has 25 heavy (non-hydrogen) atoms. The number of methoxy groups -OCH3 is 2. The summed E-state index contributed by atoms with van der Waals surface area (Å²) in [4.78, 5) is 0. The van der Waals surface area contributed by atoms with Gasteiger partial charge in [0.05, 0.1) is 18.0 Å². The average molecular weight is 340 g/mol. The van der Waals surface area contributed by atoms with Crippen molar-refractivity contribution in [3.63, 3.8) is 0 Å². The smallest absolute Gasteiger partial charge is 0.176 e. The van der Waals surface area contributed by atoms with Crippen LogP contribution in [0, 0.1) is 11.8 Å². The number of hydrogen-bond donors (Lipinski definition) is 0. The van der Waals surface area contributed by atoms with Gasteiger partial charge >= 0.3 is 0 Å². The zero-order valence-corrected chi connectivity index (χ0v) is 14.8. The van der Waals surface area contributed by atoms with E-state index in [9.17, 15) is 0 Å². The van der Waals surface area contributed by atoms with Gasteiger partial charge in [0.2, 0.25) is 0 Å². The van der Waals surface area contributed by atoms with Crippen LogP contribution in [0.5, 0.6) is 5.75 Å². The molecule has 0 saturated heterocycles. The molecule has 0 radical (unpaired) electrons. The Hall–Kier alpha value is -2.22. The maximum Gasteiger partial charge on any atom is 0.176 e. The summed E-state index contributed by atoms with van der Waals surface area (Å²) in [5.74, 6) is 7.33. The molecule has 0 bridgehead atoms. The van der Waals surface area contributed by atoms with Crippen LogP contribution in [0.15, 0.2) is 47.1 Å². The van der Waals surface area contributed by atoms with Gasteiger partial charge in [0.1, 0.15) is 12.4 Å². The molecular formula is C21H24O4. The Kier molecular flexibility index (Phi) is 5.80. The molecule has 4 heteroatoms. The van der Waals surface area contributed by atoms with E-state index in [0.717, 1.165) is 37.0 Å². The lowest BCUT2D eigenvalue weighted by atomic mass is 9.78. The summed E-state index contributed by atoms with van der Waals surface area (Å²) in [6, 6.07) is 11.8. The standard InChI is InChI=1S/C21H24O4/c1-22-18-10-12-21(23-2,13-11-18)17-6-3-7-20(16-17)25-15-5-9-19-8-4-14-24-19/h3-4,6-8,14,16,18H,10-13,15H2,1-2H3/t18-,21+. The minimum absolute atomic E-state index is 0.256. The molecule has 1 aliphatic carbocycles. The summed E-state index contributed by atoms with van der Waals surface area (Å²) in [6.07, 6.45) is 5.85. The largest absolute Gasteiger partial charge is 0.481 e. The third-order valence-electron chi connectivity index (χ3n) is 4.87. The molecule has 1 saturated carbocycles. The van der Waals surface area contributed by atoms with Gasteiger partial charge in [-0.25, -0.2) is 0 Å². The molecule has 2 aromatic rings. The highest BCUT2D eigenvalue weighted by Gasteiger charge is 2.37. The summed E-state index contributed by atoms with van der Waals surface area (Å²) in [6.45, 7) is 0.315. The number of rotatable bonds is 5. The summed E-state index contributed by atoms with van der Waals surface area (Å²) < 4.78 is 22.4. The van der Waals surface area contributed by atoms with Gasteiger partial charge in [-0.2, -0.15) is 0 Å². The zero-order valence-electron chi connectivity index (χ0n) is 14.8. The molecule has 0 N–H and O–H groups in total. The number of hydrogen-bond acceptors (Lipinski definition) is 4. The quantitative estimate of drug-likeness (QED) is 0.767. The Morgan fingerprint density at radius 1 is 1.16 bits per heavy atom. The van der Waals surface area contributed by atoms with Crippen molar-refractivity contribution in [1.29, 1.82) is 0 Å². The Morgan fingerprint density at radius 2 is 2.00 bits per heavy atom. The number of benzene rings is 1. The van der Waals surface area contributed by atoms with Crippen LogP contribution in [-0.2, 0) is 15.1 Å². The van der Waals surface area contributed by atoms with E-state index in [0.29, 0.717) is 18.5 Å². The van der Waals surface area contributed by atoms with Crippen LogP contribution >= 0.6 is 0 Å². The van der Waals surface area contributed by atoms with Gasteiger partial charge in [-0.15, -0.1) is 0 Å². The molecule has 1 fully saturated rings. The van der Waals surface area contributed by atoms with Crippen LogP contribution in [0.1, 0.15) is 37.0 Å². The first kappa shape index (κ1) is 17.6. The van der Waals surface area contributed by atoms with E-state index in [1.54, 1.807) is 20.5 Å². The predicted octanol–water partition coefficient (Wildman–Crippen LogP) is 4.14. The first-order valence-corrected chi connectivity index (χ1v) is 8.59. The lowest BCUT2D eigenvalue weighted by molar-refractivity contribution is -0.0762. The van der Waals surface area contributed by atoms with Gasteiger partial charge in [0, 0.05) is 14.2 Å². The molecule has 3 rings (SSSR count). The first-order valence-electron chi connectivity index (χ1n) is 8.59. The van der Waals surface area contributed by atoms with Crippen LogP contribution in [0.25, 0.3) is 0 Å². The highest BCUT2D eigenvalue weighted by Crippen LogP contribution is 2.41. The topological polar surface area (TPSA) is 40.8 Å². The van der Waals surface area contributed by atoms with Gasteiger partial charge in [-0.1, -0.05) is 18.1 Å². The lowest BCUT2D eigenvalue weighted by Gasteiger charge is -2.39. The number of ether oxygens (including phenoxy) is 3. The van der Waals surface area contributed by atoms with E-state index in [2.05, 4.69) is 24.0 Å². The molecule has 132 valence electrons. The van der Waals surface area contributed by atoms with Crippen LogP contribution in [0.3, 0.4) is 0 Å². The summed E-state index contributed by atoms with van der Waals surface area (Å²) in [5.41, 5.74) is 0.898. The number of furan rings is 1. The minimum Gasteiger partial charge on any atom is -0.481 e. The molecule has 0 aliphatic heterocycles. The summed E-state index contributed by atoms with van der Waals surface area (Å²) >= 11 is 0. The van der Waals surface area contributed by atoms with Crippen LogP contribution in [0.4, 0.5) is 0 Å². The Morgan fingerprint density at radius 3 is 2.68 bits per heavy atom. The lowest BCUT2D eigenvalue weighted by Crippen LogP contribution is -2.35. The van der Waals surface area contributed by atoms with Crippen molar-refractivity contribution in [2.75, 3.05) is 20.8 Å². The first-order chi connectivity index (χ1) is 12.3. The van der Waals surface area contributed by atoms with E-state index in [4.69, 9.17) is 18.6 Å². The van der Waals surface area contributed by atoms with Crippen molar-refractivity contribution in [2.24, 2.45) is 0 Å². The van der Waals surface area contributed by atoms with Gasteiger partial charge in [-0.3, -0.25) is 0 Å². The molecule has 4 nitrogen and oxygen atoms in total. The average Bonchev–Trinajstić information content (AvgIpc) is 3.19. The summed E-state index contributed by atoms with van der Waals surface area (Å²) in [5, 5.41) is 0. The maximum atomic E-state index is 5.94. The van der Waals surface area contributed by atoms with E-state index < -0.39 is 0 Å². The summed E-state index contributed by atoms with van der Waals surface area (Å²) in [7, 11) is 3.57. The van der Waals surface area contributed by atoms with E-state index in [1.165, 1.54) is 0 Å². The van der Waals surface area contributed by atoms with Crippen molar-refractivity contribution < 1.29 is 18.6 Å². The fraction of sp³-hybridized carbons (Fsp3) is 0.429. The van der Waals surface area contributed by atoms with Crippen molar-refractivity contribution in [3.8, 4) is 17.6 Å². The third kappa shape index (κ3) is 4.25. The van der Waals surface area contributed by atoms with Crippen molar-refractivity contribution >= 4 is 0 Å². The molecule has 1 aliphatic rings. The second-order valence-corrected chi connectivity index (χ2v) is 6.23. The third-order valence-corrected chi connectivity index (χ3v) is 4.87. The van der Waals surface area contributed by atoms with Gasteiger partial charge in [0.25, 0.3) is 0 Å². The molecule has 0 spiro atoms. The van der Waals surface area contributed by atoms with Crippen LogP contribution in [0.2, 0.25) is 0 Å². The Labute approximate surface area is 149 Å². The molecule has 0 amide bonds. The zero-order chi connectivity index (χ0) is 17.5. The van der Waals surface area contributed by atoms with E-state index in [-0.39, 0.29) is 5.60 Å². The highest BCUT2D eigenvalue weighted by atomic mass is 16.5. The van der Waals surface area contributed by atoms with Gasteiger partial charge in [0.15, 0.2) is 5.76 Å². The molecule has 0 unspecified atom stereocenters. The predicted molar refractivity (Wildman–Crippen MR) is 95.5 cm³/mol. The molecule has 1 aromatic carbocycles. The molecule has 1 heterocycles. The Balaban J connectivity index is 1.66. The van der Waals surface area contributed by atoms with Crippen molar-refractivity contribution in [2.45, 2.75) is 37.4 Å². The van der Waals surface area contributed by atoms with Crippen molar-refractivity contribution in [3.05, 3.63) is 54.0 Å². The fourth-order valence-electron chi connectivity index (χ4n) is 3.37. The van der Waals surface area contributed by atoms with Gasteiger partial charge in [-0.05, 0) is 61.4 Å². The van der Waals surface area contributed by atoms with Gasteiger partial charge < -0.3 is 18.6 Å². The second-order valence-electron chi connectivity index (χ2n) is 6.23. The molecule has 1 aromatic heterocycles. The molecule has 0 atom stereocenters. The monoisotopic (exact) mass is 340 g/mol. The van der Waals surface area contributed by atoms with Crippen molar-refractivity contribution in [1.82, 2.24) is 0 Å². The van der Waals surface area contributed by atoms with E-state index >= 15 is 0 Å². The van der Waals surface area contributed by atoms with E-state index in [1.807, 2.05) is 24.3 Å². The Bertz CT molecular complexity index is 716. The fourth-order valence-corrected chi connectivity index (χ4v) is 3.37. The van der Waals surface area contributed by atoms with Crippen LogP contribution in [-0.4, -0.2) is 26.9 Å².